The standard InChI is InChI=1S/C77H130O6/c1-4-7-10-13-15-17-19-21-23-25-27-29-31-33-34-35-36-37-38-39-40-41-42-44-45-47-49-51-53-55-57-59-61-64-67-70-76(79)82-73-74(72-81-75(78)69-66-63-12-9-6-3)83-77(80)71-68-65-62-60-58-56-54-52-50-48-46-43-32-30-28-26-24-22-20-18-16-14-11-8-5-2/h7,10,15,17,20-23,26-29,33-34,36-37,39-40,42,44,74H,4-6,8-9,11-14,16,18-19,24-25,30-32,35,38,41,43,45-73H2,1-3H3/b10-7-,17-15-,22-20-,23-21-,28-26-,29-27-,34-33-,37-36-,40-39-,44-42-. The predicted molar refractivity (Wildman–Crippen MR) is 362 cm³/mol. The van der Waals surface area contributed by atoms with Gasteiger partial charge in [0.25, 0.3) is 0 Å². The molecule has 0 bridgehead atoms. The van der Waals surface area contributed by atoms with Gasteiger partial charge in [0, 0.05) is 19.3 Å². The largest absolute Gasteiger partial charge is 0.462 e. The molecule has 0 fully saturated rings. The predicted octanol–water partition coefficient (Wildman–Crippen LogP) is 24.3. The van der Waals surface area contributed by atoms with Gasteiger partial charge in [0.1, 0.15) is 13.2 Å². The van der Waals surface area contributed by atoms with E-state index >= 15 is 0 Å². The summed E-state index contributed by atoms with van der Waals surface area (Å²) in [6, 6.07) is 0. The Morgan fingerprint density at radius 2 is 0.470 bits per heavy atom. The average molecular weight is 1150 g/mol. The molecular weight excluding hydrogens is 1020 g/mol. The van der Waals surface area contributed by atoms with Crippen molar-refractivity contribution in [2.45, 2.75) is 335 Å². The molecule has 0 aromatic heterocycles. The zero-order valence-corrected chi connectivity index (χ0v) is 54.4. The molecule has 0 N–H and O–H groups in total. The quantitative estimate of drug-likeness (QED) is 0.0261. The van der Waals surface area contributed by atoms with Crippen molar-refractivity contribution in [2.75, 3.05) is 13.2 Å². The fourth-order valence-corrected chi connectivity index (χ4v) is 9.73. The summed E-state index contributed by atoms with van der Waals surface area (Å²) in [5, 5.41) is 0. The minimum Gasteiger partial charge on any atom is -0.462 e. The van der Waals surface area contributed by atoms with Gasteiger partial charge >= 0.3 is 17.9 Å². The summed E-state index contributed by atoms with van der Waals surface area (Å²) < 4.78 is 16.8. The van der Waals surface area contributed by atoms with Gasteiger partial charge in [-0.2, -0.15) is 0 Å². The first-order valence-electron chi connectivity index (χ1n) is 35.0. The second kappa shape index (κ2) is 70.3. The first-order valence-corrected chi connectivity index (χ1v) is 35.0. The van der Waals surface area contributed by atoms with Crippen molar-refractivity contribution in [1.82, 2.24) is 0 Å². The minimum absolute atomic E-state index is 0.0791. The highest BCUT2D eigenvalue weighted by Gasteiger charge is 2.19. The van der Waals surface area contributed by atoms with E-state index in [1.165, 1.54) is 167 Å². The van der Waals surface area contributed by atoms with Crippen LogP contribution >= 0.6 is 0 Å². The molecule has 0 aliphatic rings. The molecule has 0 spiro atoms. The number of carbonyl (C=O) groups is 3. The van der Waals surface area contributed by atoms with Crippen LogP contribution in [0.1, 0.15) is 329 Å². The van der Waals surface area contributed by atoms with E-state index in [1.54, 1.807) is 0 Å². The average Bonchev–Trinajstić information content (AvgIpc) is 3.49. The van der Waals surface area contributed by atoms with Gasteiger partial charge in [-0.1, -0.05) is 316 Å². The van der Waals surface area contributed by atoms with Gasteiger partial charge < -0.3 is 14.2 Å². The van der Waals surface area contributed by atoms with E-state index in [0.717, 1.165) is 122 Å². The molecule has 0 rings (SSSR count). The summed E-state index contributed by atoms with van der Waals surface area (Å²) in [5.74, 6) is -0.890. The highest BCUT2D eigenvalue weighted by Crippen LogP contribution is 2.17. The summed E-state index contributed by atoms with van der Waals surface area (Å²) in [6.45, 7) is 6.45. The van der Waals surface area contributed by atoms with Gasteiger partial charge in [-0.05, 0) is 116 Å². The highest BCUT2D eigenvalue weighted by molar-refractivity contribution is 5.71. The third-order valence-corrected chi connectivity index (χ3v) is 15.0. The molecule has 1 unspecified atom stereocenters. The Morgan fingerprint density at radius 1 is 0.253 bits per heavy atom. The van der Waals surface area contributed by atoms with Crippen LogP contribution < -0.4 is 0 Å². The third-order valence-electron chi connectivity index (χ3n) is 15.0. The summed E-state index contributed by atoms with van der Waals surface area (Å²) in [6.07, 6.45) is 98.4. The van der Waals surface area contributed by atoms with E-state index in [-0.39, 0.29) is 31.1 Å². The van der Waals surface area contributed by atoms with E-state index in [0.29, 0.717) is 19.3 Å². The van der Waals surface area contributed by atoms with Crippen LogP contribution in [0.25, 0.3) is 0 Å². The molecule has 0 saturated carbocycles. The topological polar surface area (TPSA) is 78.9 Å². The number of ether oxygens (including phenoxy) is 3. The van der Waals surface area contributed by atoms with Crippen LogP contribution in [-0.2, 0) is 28.6 Å². The Bertz CT molecular complexity index is 1700. The van der Waals surface area contributed by atoms with E-state index in [4.69, 9.17) is 14.2 Å². The van der Waals surface area contributed by atoms with Crippen molar-refractivity contribution in [3.8, 4) is 0 Å². The molecule has 0 saturated heterocycles. The molecule has 6 nitrogen and oxygen atoms in total. The number of rotatable bonds is 63. The van der Waals surface area contributed by atoms with Gasteiger partial charge in [0.15, 0.2) is 6.10 Å². The van der Waals surface area contributed by atoms with E-state index in [2.05, 4.69) is 142 Å². The van der Waals surface area contributed by atoms with Crippen LogP contribution in [0, 0.1) is 0 Å². The molecule has 0 aliphatic carbocycles. The normalized spacial score (nSPS) is 12.9. The van der Waals surface area contributed by atoms with Crippen LogP contribution in [0.5, 0.6) is 0 Å². The number of allylic oxidation sites excluding steroid dienone is 20. The lowest BCUT2D eigenvalue weighted by atomic mass is 10.0. The fourth-order valence-electron chi connectivity index (χ4n) is 9.73. The maximum atomic E-state index is 12.9. The molecule has 0 aliphatic heterocycles. The van der Waals surface area contributed by atoms with E-state index in [9.17, 15) is 14.4 Å². The molecule has 0 heterocycles. The Hall–Kier alpha value is -4.19. The lowest BCUT2D eigenvalue weighted by Crippen LogP contribution is -2.30. The minimum atomic E-state index is -0.779. The maximum absolute atomic E-state index is 12.9. The Labute approximate surface area is 513 Å². The van der Waals surface area contributed by atoms with Crippen LogP contribution in [0.3, 0.4) is 0 Å². The lowest BCUT2D eigenvalue weighted by Gasteiger charge is -2.18. The molecule has 1 atom stereocenters. The van der Waals surface area contributed by atoms with Crippen LogP contribution in [-0.4, -0.2) is 37.2 Å². The Kier molecular flexibility index (Phi) is 66.7. The molecule has 6 heteroatoms. The zero-order valence-electron chi connectivity index (χ0n) is 54.4. The second-order valence-corrected chi connectivity index (χ2v) is 23.1. The number of hydrogen-bond donors (Lipinski definition) is 0. The highest BCUT2D eigenvalue weighted by atomic mass is 16.6. The van der Waals surface area contributed by atoms with Crippen molar-refractivity contribution < 1.29 is 28.6 Å². The van der Waals surface area contributed by atoms with Crippen LogP contribution in [0.15, 0.2) is 122 Å². The molecule has 83 heavy (non-hydrogen) atoms. The lowest BCUT2D eigenvalue weighted by molar-refractivity contribution is -0.167. The van der Waals surface area contributed by atoms with E-state index < -0.39 is 6.10 Å². The van der Waals surface area contributed by atoms with Crippen molar-refractivity contribution >= 4 is 17.9 Å². The fraction of sp³-hybridized carbons (Fsp3) is 0.701. The number of esters is 3. The van der Waals surface area contributed by atoms with Crippen molar-refractivity contribution in [3.05, 3.63) is 122 Å². The Morgan fingerprint density at radius 3 is 0.735 bits per heavy atom. The van der Waals surface area contributed by atoms with Gasteiger partial charge in [0.2, 0.25) is 0 Å². The van der Waals surface area contributed by atoms with E-state index in [1.807, 2.05) is 0 Å². The van der Waals surface area contributed by atoms with Crippen molar-refractivity contribution in [2.24, 2.45) is 0 Å². The molecule has 0 radical (unpaired) electrons. The SMILES string of the molecule is CC/C=C\C/C=C\C/C=C\C/C=C\C/C=C\C/C=C\C/C=C\C/C=C\CCCCCCCCCCCCC(=O)OCC(COC(=O)CCCCCCC)OC(=O)CCCCCCCCCCCCCCC/C=C\C/C=C\CCCCCCC. The number of unbranched alkanes of at least 4 members (excludes halogenated alkanes) is 32. The van der Waals surface area contributed by atoms with Crippen molar-refractivity contribution in [3.63, 3.8) is 0 Å². The molecule has 0 aromatic rings. The second-order valence-electron chi connectivity index (χ2n) is 23.1. The number of hydrogen-bond acceptors (Lipinski definition) is 6. The van der Waals surface area contributed by atoms with Crippen molar-refractivity contribution in [1.29, 1.82) is 0 Å². The van der Waals surface area contributed by atoms with Crippen LogP contribution in [0.4, 0.5) is 0 Å². The van der Waals surface area contributed by atoms with Gasteiger partial charge in [-0.15, -0.1) is 0 Å². The molecular formula is C77H130O6. The summed E-state index contributed by atoms with van der Waals surface area (Å²) >= 11 is 0. The monoisotopic (exact) mass is 1150 g/mol. The molecule has 0 amide bonds. The van der Waals surface area contributed by atoms with Crippen LogP contribution in [0.2, 0.25) is 0 Å². The first kappa shape index (κ1) is 78.8. The number of carbonyl (C=O) groups excluding carboxylic acids is 3. The Balaban J connectivity index is 4.02. The van der Waals surface area contributed by atoms with Gasteiger partial charge in [0.05, 0.1) is 0 Å². The molecule has 0 aromatic carbocycles. The summed E-state index contributed by atoms with van der Waals surface area (Å²) in [5.41, 5.74) is 0. The van der Waals surface area contributed by atoms with Gasteiger partial charge in [-0.25, -0.2) is 0 Å². The summed E-state index contributed by atoms with van der Waals surface area (Å²) in [4.78, 5) is 38.0. The maximum Gasteiger partial charge on any atom is 0.306 e. The zero-order chi connectivity index (χ0) is 59.9. The summed E-state index contributed by atoms with van der Waals surface area (Å²) in [7, 11) is 0. The molecule has 474 valence electrons. The first-order chi connectivity index (χ1) is 41.0. The third kappa shape index (κ3) is 68.5. The smallest absolute Gasteiger partial charge is 0.306 e. The van der Waals surface area contributed by atoms with Gasteiger partial charge in [-0.3, -0.25) is 14.4 Å².